The van der Waals surface area contributed by atoms with E-state index in [0.29, 0.717) is 19.5 Å². The predicted octanol–water partition coefficient (Wildman–Crippen LogP) is 1.91. The Morgan fingerprint density at radius 1 is 1.19 bits per heavy atom. The van der Waals surface area contributed by atoms with Crippen molar-refractivity contribution in [3.63, 3.8) is 0 Å². The van der Waals surface area contributed by atoms with Crippen LogP contribution in [-0.2, 0) is 17.8 Å². The molecule has 4 heteroatoms. The normalized spacial score (nSPS) is 10.3. The Kier molecular flexibility index (Phi) is 5.32. The van der Waals surface area contributed by atoms with Gasteiger partial charge in [0.2, 0.25) is 5.91 Å². The maximum absolute atomic E-state index is 11.8. The maximum atomic E-state index is 11.8. The minimum absolute atomic E-state index is 0.0293. The molecule has 1 heterocycles. The molecule has 21 heavy (non-hydrogen) atoms. The summed E-state index contributed by atoms with van der Waals surface area (Å²) in [5.41, 5.74) is 2.36. The van der Waals surface area contributed by atoms with Crippen molar-refractivity contribution >= 4 is 5.91 Å². The molecule has 0 saturated carbocycles. The molecule has 0 radical (unpaired) electrons. The van der Waals surface area contributed by atoms with Gasteiger partial charge in [-0.25, -0.2) is 0 Å². The molecule has 0 unspecified atom stereocenters. The SMILES string of the molecule is Cc1cccc(CCNC(=O)CCn2ccccc2=O)c1. The van der Waals surface area contributed by atoms with Crippen LogP contribution in [0.15, 0.2) is 53.5 Å². The number of nitrogens with one attached hydrogen (secondary N) is 1. The molecule has 0 fully saturated rings. The molecular weight excluding hydrogens is 264 g/mol. The van der Waals surface area contributed by atoms with E-state index in [9.17, 15) is 9.59 Å². The van der Waals surface area contributed by atoms with Crippen LogP contribution in [0.3, 0.4) is 0 Å². The van der Waals surface area contributed by atoms with Crippen LogP contribution >= 0.6 is 0 Å². The van der Waals surface area contributed by atoms with E-state index in [0.717, 1.165) is 6.42 Å². The van der Waals surface area contributed by atoms with Crippen LogP contribution in [0.1, 0.15) is 17.5 Å². The number of aromatic nitrogens is 1. The molecule has 2 aromatic rings. The van der Waals surface area contributed by atoms with E-state index >= 15 is 0 Å². The first-order valence-electron chi connectivity index (χ1n) is 7.13. The molecule has 0 saturated heterocycles. The number of carbonyl (C=O) groups is 1. The molecule has 1 aromatic heterocycles. The lowest BCUT2D eigenvalue weighted by molar-refractivity contribution is -0.121. The molecule has 4 nitrogen and oxygen atoms in total. The van der Waals surface area contributed by atoms with Crippen LogP contribution in [0.4, 0.5) is 0 Å². The van der Waals surface area contributed by atoms with E-state index in [-0.39, 0.29) is 11.5 Å². The van der Waals surface area contributed by atoms with Crippen molar-refractivity contribution in [1.29, 1.82) is 0 Å². The van der Waals surface area contributed by atoms with Gasteiger partial charge in [0.15, 0.2) is 0 Å². The lowest BCUT2D eigenvalue weighted by atomic mass is 10.1. The number of amides is 1. The Balaban J connectivity index is 1.73. The Morgan fingerprint density at radius 2 is 2.05 bits per heavy atom. The van der Waals surface area contributed by atoms with Crippen molar-refractivity contribution in [2.45, 2.75) is 26.3 Å². The molecule has 0 spiro atoms. The number of carbonyl (C=O) groups excluding carboxylic acids is 1. The second kappa shape index (κ2) is 7.43. The zero-order valence-corrected chi connectivity index (χ0v) is 12.2. The summed E-state index contributed by atoms with van der Waals surface area (Å²) in [6.07, 6.45) is 2.83. The monoisotopic (exact) mass is 284 g/mol. The minimum atomic E-state index is -0.0786. The standard InChI is InChI=1S/C17H20N2O2/c1-14-5-4-6-15(13-14)8-10-18-16(20)9-12-19-11-3-2-7-17(19)21/h2-7,11,13H,8-10,12H2,1H3,(H,18,20). The van der Waals surface area contributed by atoms with Crippen molar-refractivity contribution in [3.8, 4) is 0 Å². The highest BCUT2D eigenvalue weighted by molar-refractivity contribution is 5.75. The van der Waals surface area contributed by atoms with Gasteiger partial charge in [-0.05, 0) is 25.0 Å². The van der Waals surface area contributed by atoms with E-state index < -0.39 is 0 Å². The average Bonchev–Trinajstić information content (AvgIpc) is 2.46. The Hall–Kier alpha value is -2.36. The van der Waals surface area contributed by atoms with Crippen molar-refractivity contribution in [1.82, 2.24) is 9.88 Å². The summed E-state index contributed by atoms with van der Waals surface area (Å²) >= 11 is 0. The van der Waals surface area contributed by atoms with Gasteiger partial charge < -0.3 is 9.88 Å². The number of nitrogens with zero attached hydrogens (tertiary/aromatic N) is 1. The van der Waals surface area contributed by atoms with Crippen molar-refractivity contribution in [3.05, 3.63) is 70.1 Å². The second-order valence-corrected chi connectivity index (χ2v) is 5.07. The number of hydrogen-bond donors (Lipinski definition) is 1. The Bertz CT molecular complexity index is 662. The first-order valence-corrected chi connectivity index (χ1v) is 7.13. The van der Waals surface area contributed by atoms with Crippen molar-refractivity contribution in [2.75, 3.05) is 6.54 Å². The largest absolute Gasteiger partial charge is 0.356 e. The van der Waals surface area contributed by atoms with E-state index in [1.807, 2.05) is 6.07 Å². The first kappa shape index (κ1) is 15.0. The number of hydrogen-bond acceptors (Lipinski definition) is 2. The average molecular weight is 284 g/mol. The van der Waals surface area contributed by atoms with Gasteiger partial charge in [-0.2, -0.15) is 0 Å². The lowest BCUT2D eigenvalue weighted by Gasteiger charge is -2.07. The molecule has 1 N–H and O–H groups in total. The summed E-state index contributed by atoms with van der Waals surface area (Å²) in [5, 5.41) is 2.89. The van der Waals surface area contributed by atoms with Crippen LogP contribution in [0, 0.1) is 6.92 Å². The highest BCUT2D eigenvalue weighted by Crippen LogP contribution is 2.03. The van der Waals surface area contributed by atoms with Gasteiger partial charge in [-0.3, -0.25) is 9.59 Å². The minimum Gasteiger partial charge on any atom is -0.356 e. The molecule has 1 aromatic carbocycles. The van der Waals surface area contributed by atoms with Crippen LogP contribution in [0.5, 0.6) is 0 Å². The predicted molar refractivity (Wildman–Crippen MR) is 83.2 cm³/mol. The van der Waals surface area contributed by atoms with Crippen LogP contribution in [0.2, 0.25) is 0 Å². The summed E-state index contributed by atoms with van der Waals surface area (Å²) in [6, 6.07) is 13.2. The lowest BCUT2D eigenvalue weighted by Crippen LogP contribution is -2.28. The van der Waals surface area contributed by atoms with E-state index in [1.165, 1.54) is 17.2 Å². The zero-order valence-electron chi connectivity index (χ0n) is 12.2. The van der Waals surface area contributed by atoms with Gasteiger partial charge >= 0.3 is 0 Å². The summed E-state index contributed by atoms with van der Waals surface area (Å²) in [7, 11) is 0. The number of aryl methyl sites for hydroxylation is 2. The summed E-state index contributed by atoms with van der Waals surface area (Å²) in [6.45, 7) is 3.08. The smallest absolute Gasteiger partial charge is 0.250 e. The molecule has 0 aliphatic heterocycles. The van der Waals surface area contributed by atoms with Gasteiger partial charge in [0.25, 0.3) is 5.56 Å². The van der Waals surface area contributed by atoms with E-state index in [1.54, 1.807) is 22.9 Å². The molecule has 0 bridgehead atoms. The summed E-state index contributed by atoms with van der Waals surface area (Å²) in [5.74, 6) is -0.0293. The molecule has 1 amide bonds. The van der Waals surface area contributed by atoms with Crippen molar-refractivity contribution < 1.29 is 4.79 Å². The third-order valence-corrected chi connectivity index (χ3v) is 3.30. The molecule has 0 atom stereocenters. The van der Waals surface area contributed by atoms with Gasteiger partial charge in [-0.15, -0.1) is 0 Å². The van der Waals surface area contributed by atoms with Crippen LogP contribution in [0.25, 0.3) is 0 Å². The van der Waals surface area contributed by atoms with E-state index in [4.69, 9.17) is 0 Å². The second-order valence-electron chi connectivity index (χ2n) is 5.07. The van der Waals surface area contributed by atoms with Crippen molar-refractivity contribution in [2.24, 2.45) is 0 Å². The molecule has 0 aliphatic rings. The third-order valence-electron chi connectivity index (χ3n) is 3.30. The van der Waals surface area contributed by atoms with Crippen LogP contribution in [-0.4, -0.2) is 17.0 Å². The van der Waals surface area contributed by atoms with Gasteiger partial charge in [-0.1, -0.05) is 35.9 Å². The van der Waals surface area contributed by atoms with Crippen LogP contribution < -0.4 is 10.9 Å². The van der Waals surface area contributed by atoms with Gasteiger partial charge in [0.1, 0.15) is 0 Å². The Morgan fingerprint density at radius 3 is 2.81 bits per heavy atom. The number of benzene rings is 1. The zero-order chi connectivity index (χ0) is 15.1. The number of pyridine rings is 1. The Labute approximate surface area is 124 Å². The highest BCUT2D eigenvalue weighted by Gasteiger charge is 2.02. The fourth-order valence-corrected chi connectivity index (χ4v) is 2.17. The quantitative estimate of drug-likeness (QED) is 0.881. The fourth-order valence-electron chi connectivity index (χ4n) is 2.17. The van der Waals surface area contributed by atoms with Gasteiger partial charge in [0.05, 0.1) is 0 Å². The van der Waals surface area contributed by atoms with Gasteiger partial charge in [0, 0.05) is 31.8 Å². The molecule has 0 aliphatic carbocycles. The summed E-state index contributed by atoms with van der Waals surface area (Å²) < 4.78 is 1.54. The molecule has 2 rings (SSSR count). The molecular formula is C17H20N2O2. The first-order chi connectivity index (χ1) is 10.1. The maximum Gasteiger partial charge on any atom is 0.250 e. The summed E-state index contributed by atoms with van der Waals surface area (Å²) in [4.78, 5) is 23.3. The topological polar surface area (TPSA) is 51.1 Å². The van der Waals surface area contributed by atoms with E-state index in [2.05, 4.69) is 30.4 Å². The fraction of sp³-hybridized carbons (Fsp3) is 0.294. The highest BCUT2D eigenvalue weighted by atomic mass is 16.1. The molecule has 110 valence electrons. The number of rotatable bonds is 6. The third kappa shape index (κ3) is 4.91.